The Morgan fingerprint density at radius 3 is 2.46 bits per heavy atom. The van der Waals surface area contributed by atoms with E-state index in [1.165, 1.54) is 23.0 Å². The molecule has 8 heteroatoms. The van der Waals surface area contributed by atoms with Crippen molar-refractivity contribution >= 4 is 53.1 Å². The standard InChI is InChI=1S/C18H14Cl2N2O3S/c19-13-7-3-1-5-11(13)10-21-22-17(25)15(9-16(23)24)26-18(22)12-6-2-4-8-14(12)20/h1-8,10,15,18H,9H2,(H,23,24)/b21-10-/t15-,18+/m1/s1. The van der Waals surface area contributed by atoms with Crippen molar-refractivity contribution in [2.24, 2.45) is 5.10 Å². The number of carbonyl (C=O) groups is 2. The van der Waals surface area contributed by atoms with Crippen molar-refractivity contribution < 1.29 is 14.7 Å². The molecular weight excluding hydrogens is 395 g/mol. The molecule has 0 radical (unpaired) electrons. The van der Waals surface area contributed by atoms with Gasteiger partial charge in [-0.2, -0.15) is 5.10 Å². The summed E-state index contributed by atoms with van der Waals surface area (Å²) in [7, 11) is 0. The third-order valence-electron chi connectivity index (χ3n) is 3.77. The number of carboxylic acids is 1. The quantitative estimate of drug-likeness (QED) is 0.742. The summed E-state index contributed by atoms with van der Waals surface area (Å²) in [4.78, 5) is 23.8. The summed E-state index contributed by atoms with van der Waals surface area (Å²) in [5.41, 5.74) is 1.36. The van der Waals surface area contributed by atoms with Crippen LogP contribution in [0.15, 0.2) is 53.6 Å². The molecule has 2 aromatic rings. The fourth-order valence-electron chi connectivity index (χ4n) is 2.53. The Kier molecular flexibility index (Phi) is 5.86. The van der Waals surface area contributed by atoms with Gasteiger partial charge in [0.25, 0.3) is 5.91 Å². The smallest absolute Gasteiger partial charge is 0.305 e. The van der Waals surface area contributed by atoms with Gasteiger partial charge in [0, 0.05) is 21.2 Å². The number of aliphatic carboxylic acids is 1. The lowest BCUT2D eigenvalue weighted by atomic mass is 10.2. The van der Waals surface area contributed by atoms with E-state index in [0.717, 1.165) is 0 Å². The zero-order valence-electron chi connectivity index (χ0n) is 13.4. The monoisotopic (exact) mass is 408 g/mol. The predicted octanol–water partition coefficient (Wildman–Crippen LogP) is 4.44. The van der Waals surface area contributed by atoms with Gasteiger partial charge in [-0.3, -0.25) is 9.59 Å². The van der Waals surface area contributed by atoms with Gasteiger partial charge < -0.3 is 5.11 Å². The number of carbonyl (C=O) groups excluding carboxylic acids is 1. The van der Waals surface area contributed by atoms with Gasteiger partial charge in [0.2, 0.25) is 0 Å². The average Bonchev–Trinajstić information content (AvgIpc) is 2.90. The van der Waals surface area contributed by atoms with E-state index in [1.54, 1.807) is 36.4 Å². The Bertz CT molecular complexity index is 875. The van der Waals surface area contributed by atoms with Crippen molar-refractivity contribution in [1.82, 2.24) is 5.01 Å². The van der Waals surface area contributed by atoms with E-state index in [2.05, 4.69) is 5.10 Å². The third kappa shape index (κ3) is 4.03. The average molecular weight is 409 g/mol. The molecule has 1 fully saturated rings. The Balaban J connectivity index is 1.95. The highest BCUT2D eigenvalue weighted by molar-refractivity contribution is 8.01. The summed E-state index contributed by atoms with van der Waals surface area (Å²) in [6.45, 7) is 0. The maximum absolute atomic E-state index is 12.7. The number of benzene rings is 2. The van der Waals surface area contributed by atoms with Crippen LogP contribution in [0.25, 0.3) is 0 Å². The number of carboxylic acid groups (broad SMARTS) is 1. The molecule has 1 N–H and O–H groups in total. The number of hydrogen-bond donors (Lipinski definition) is 1. The highest BCUT2D eigenvalue weighted by Gasteiger charge is 2.43. The van der Waals surface area contributed by atoms with Gasteiger partial charge in [-0.25, -0.2) is 5.01 Å². The third-order valence-corrected chi connectivity index (χ3v) is 5.87. The molecule has 1 heterocycles. The minimum Gasteiger partial charge on any atom is -0.481 e. The zero-order valence-corrected chi connectivity index (χ0v) is 15.7. The Morgan fingerprint density at radius 2 is 1.81 bits per heavy atom. The van der Waals surface area contributed by atoms with Crippen molar-refractivity contribution in [3.63, 3.8) is 0 Å². The number of amides is 1. The summed E-state index contributed by atoms with van der Waals surface area (Å²) in [6, 6.07) is 14.2. The summed E-state index contributed by atoms with van der Waals surface area (Å²) >= 11 is 13.6. The van der Waals surface area contributed by atoms with E-state index in [4.69, 9.17) is 28.3 Å². The van der Waals surface area contributed by atoms with Gasteiger partial charge in [0.1, 0.15) is 5.37 Å². The maximum Gasteiger partial charge on any atom is 0.305 e. The second kappa shape index (κ2) is 8.12. The SMILES string of the molecule is O=C(O)C[C@H]1S[C@@H](c2ccccc2Cl)N(/N=C\c2ccccc2Cl)C1=O. The fraction of sp³-hybridized carbons (Fsp3) is 0.167. The zero-order chi connectivity index (χ0) is 18.7. The first-order chi connectivity index (χ1) is 12.5. The highest BCUT2D eigenvalue weighted by Crippen LogP contribution is 2.46. The van der Waals surface area contributed by atoms with E-state index < -0.39 is 16.6 Å². The van der Waals surface area contributed by atoms with Gasteiger partial charge in [0.05, 0.1) is 17.9 Å². The molecule has 1 saturated heterocycles. The minimum atomic E-state index is -1.04. The van der Waals surface area contributed by atoms with Crippen LogP contribution < -0.4 is 0 Å². The van der Waals surface area contributed by atoms with Crippen LogP contribution in [0.1, 0.15) is 22.9 Å². The van der Waals surface area contributed by atoms with E-state index in [-0.39, 0.29) is 12.3 Å². The first-order valence-electron chi connectivity index (χ1n) is 7.70. The molecule has 0 spiro atoms. The first kappa shape index (κ1) is 18.8. The maximum atomic E-state index is 12.7. The lowest BCUT2D eigenvalue weighted by Crippen LogP contribution is -2.28. The second-order valence-electron chi connectivity index (χ2n) is 5.55. The van der Waals surface area contributed by atoms with Crippen LogP contribution in [0.4, 0.5) is 0 Å². The number of thioether (sulfide) groups is 1. The number of nitrogens with zero attached hydrogens (tertiary/aromatic N) is 2. The molecular formula is C18H14Cl2N2O3S. The molecule has 0 aliphatic carbocycles. The normalized spacial score (nSPS) is 20.1. The van der Waals surface area contributed by atoms with Crippen LogP contribution in [-0.4, -0.2) is 33.5 Å². The number of halogens is 2. The molecule has 3 rings (SSSR count). The molecule has 2 aromatic carbocycles. The molecule has 0 unspecified atom stereocenters. The van der Waals surface area contributed by atoms with Crippen molar-refractivity contribution in [3.8, 4) is 0 Å². The van der Waals surface area contributed by atoms with Gasteiger partial charge in [-0.05, 0) is 12.1 Å². The van der Waals surface area contributed by atoms with Gasteiger partial charge >= 0.3 is 5.97 Å². The predicted molar refractivity (Wildman–Crippen MR) is 104 cm³/mol. The van der Waals surface area contributed by atoms with Crippen LogP contribution in [0, 0.1) is 0 Å². The molecule has 134 valence electrons. The van der Waals surface area contributed by atoms with Crippen molar-refractivity contribution in [2.45, 2.75) is 17.0 Å². The second-order valence-corrected chi connectivity index (χ2v) is 7.65. The lowest BCUT2D eigenvalue weighted by Gasteiger charge is -2.19. The Labute approximate surface area is 164 Å². The van der Waals surface area contributed by atoms with Gasteiger partial charge in [-0.15, -0.1) is 11.8 Å². The number of hydrogen-bond acceptors (Lipinski definition) is 4. The molecule has 5 nitrogen and oxygen atoms in total. The number of hydrazone groups is 1. The molecule has 1 aliphatic rings. The van der Waals surface area contributed by atoms with Crippen LogP contribution in [0.3, 0.4) is 0 Å². The number of rotatable bonds is 5. The van der Waals surface area contributed by atoms with E-state index in [1.807, 2.05) is 12.1 Å². The molecule has 1 aliphatic heterocycles. The summed E-state index contributed by atoms with van der Waals surface area (Å²) in [5, 5.41) is 14.4. The first-order valence-corrected chi connectivity index (χ1v) is 9.40. The van der Waals surface area contributed by atoms with Crippen LogP contribution in [0.2, 0.25) is 10.0 Å². The molecule has 1 amide bonds. The summed E-state index contributed by atoms with van der Waals surface area (Å²) in [6.07, 6.45) is 1.22. The van der Waals surface area contributed by atoms with Gasteiger partial charge in [-0.1, -0.05) is 59.6 Å². The molecule has 26 heavy (non-hydrogen) atoms. The summed E-state index contributed by atoms with van der Waals surface area (Å²) in [5.74, 6) is -1.41. The molecule has 0 aromatic heterocycles. The fourth-order valence-corrected chi connectivity index (χ4v) is 4.42. The molecule has 2 atom stereocenters. The van der Waals surface area contributed by atoms with Crippen LogP contribution in [0.5, 0.6) is 0 Å². The Hall–Kier alpha value is -2.02. The Morgan fingerprint density at radius 1 is 1.15 bits per heavy atom. The topological polar surface area (TPSA) is 70.0 Å². The van der Waals surface area contributed by atoms with Crippen LogP contribution in [-0.2, 0) is 9.59 Å². The lowest BCUT2D eigenvalue weighted by molar-refractivity contribution is -0.140. The molecule has 0 saturated carbocycles. The van der Waals surface area contributed by atoms with Crippen molar-refractivity contribution in [1.29, 1.82) is 0 Å². The molecule has 0 bridgehead atoms. The van der Waals surface area contributed by atoms with E-state index in [0.29, 0.717) is 21.2 Å². The largest absolute Gasteiger partial charge is 0.481 e. The van der Waals surface area contributed by atoms with E-state index in [9.17, 15) is 9.59 Å². The minimum absolute atomic E-state index is 0.275. The van der Waals surface area contributed by atoms with Gasteiger partial charge in [0.15, 0.2) is 0 Å². The van der Waals surface area contributed by atoms with Crippen molar-refractivity contribution in [2.75, 3.05) is 0 Å². The van der Waals surface area contributed by atoms with Crippen LogP contribution >= 0.6 is 35.0 Å². The highest BCUT2D eigenvalue weighted by atomic mass is 35.5. The van der Waals surface area contributed by atoms with E-state index >= 15 is 0 Å². The summed E-state index contributed by atoms with van der Waals surface area (Å²) < 4.78 is 0. The van der Waals surface area contributed by atoms with Crippen molar-refractivity contribution in [3.05, 3.63) is 69.7 Å².